The van der Waals surface area contributed by atoms with E-state index in [2.05, 4.69) is 25.9 Å². The second kappa shape index (κ2) is 22.5. The minimum atomic E-state index is -4.59. The molecule has 6 atom stereocenters. The van der Waals surface area contributed by atoms with E-state index in [4.69, 9.17) is 26.1 Å². The van der Waals surface area contributed by atoms with Crippen molar-refractivity contribution in [3.63, 3.8) is 0 Å². The van der Waals surface area contributed by atoms with E-state index in [1.807, 2.05) is 4.72 Å². The Balaban J connectivity index is 1.67. The summed E-state index contributed by atoms with van der Waals surface area (Å²) < 4.78 is 53.5. The van der Waals surface area contributed by atoms with Gasteiger partial charge in [-0.15, -0.1) is 0 Å². The number of aliphatic hydroxyl groups is 2. The number of aromatic hydroxyl groups is 2. The SMILES string of the molecule is Cc1nc(-c2ccc(C(C)(C)C)c(F)c2O)nc(N)c1C(=O)N[C@@H](CNS(N)(=O)=O)C(=O)N(C)[C@@H]1C(=O)N[C@@H](C)C(=O)N[C@H](C(=O)O)Cc2ccc(OC[C@H](O)CN)c(c2)-c2cc1cc(OC[C@@H](C)O)c2O. The van der Waals surface area contributed by atoms with Crippen molar-refractivity contribution >= 4 is 45.6 Å². The van der Waals surface area contributed by atoms with Gasteiger partial charge in [0.15, 0.2) is 28.9 Å². The summed E-state index contributed by atoms with van der Waals surface area (Å²) in [4.78, 5) is 78.8. The van der Waals surface area contributed by atoms with Gasteiger partial charge in [-0.1, -0.05) is 32.9 Å². The topological polar surface area (TPSA) is 394 Å². The molecule has 4 bridgehead atoms. The van der Waals surface area contributed by atoms with Gasteiger partial charge in [0, 0.05) is 37.7 Å². The van der Waals surface area contributed by atoms with Gasteiger partial charge in [-0.2, -0.15) is 13.1 Å². The number of rotatable bonds is 16. The Labute approximate surface area is 413 Å². The second-order valence-corrected chi connectivity index (χ2v) is 19.6. The summed E-state index contributed by atoms with van der Waals surface area (Å²) in [6, 6.07) is 2.58. The normalized spacial score (nSPS) is 17.6. The lowest BCUT2D eigenvalue weighted by Crippen LogP contribution is -2.57. The van der Waals surface area contributed by atoms with Gasteiger partial charge in [0.1, 0.15) is 60.6 Å². The van der Waals surface area contributed by atoms with Crippen molar-refractivity contribution in [3.05, 3.63) is 76.2 Å². The molecule has 4 amide bonds. The highest BCUT2D eigenvalue weighted by molar-refractivity contribution is 7.87. The molecule has 1 aromatic heterocycles. The number of aliphatic hydroxyl groups excluding tert-OH is 2. The van der Waals surface area contributed by atoms with Crippen LogP contribution in [0.5, 0.6) is 23.0 Å². The number of hydrogen-bond donors (Lipinski definition) is 12. The maximum Gasteiger partial charge on any atom is 0.326 e. The summed E-state index contributed by atoms with van der Waals surface area (Å²) in [6.07, 6.45) is -2.60. The summed E-state index contributed by atoms with van der Waals surface area (Å²) in [7, 11) is -3.51. The van der Waals surface area contributed by atoms with Crippen molar-refractivity contribution in [3.8, 4) is 45.5 Å². The van der Waals surface area contributed by atoms with Crippen molar-refractivity contribution in [1.29, 1.82) is 0 Å². The summed E-state index contributed by atoms with van der Waals surface area (Å²) >= 11 is 0. The van der Waals surface area contributed by atoms with Gasteiger partial charge in [0.25, 0.3) is 16.1 Å². The standard InChI is InChI=1S/C46H59FN10O14S/c1-20(58)18-70-33-15-24-14-28(37(33)60)27-12-23(8-11-32(27)71-19-25(59)16-48)13-30(45(66)67)54-41(62)22(3)53-43(64)36(24)57(7)44(65)31(17-51-72(50,68)69)55-42(63)34-21(2)52-40(56-39(34)49)26-9-10-29(46(4,5)6)35(47)38(26)61/h8-12,14-15,20,22,25,30-31,36,51,58-61H,13,16-19,48H2,1-7H3,(H,53,64)(H,54,62)(H,55,63)(H,66,67)(H2,49,52,56)(H2,50,68,69)/t20-,22+,25-,30+,31+,36+/m1/s1. The number of hydrogen-bond acceptors (Lipinski definition) is 17. The van der Waals surface area contributed by atoms with Crippen LogP contribution in [0.25, 0.3) is 22.5 Å². The van der Waals surface area contributed by atoms with Crippen LogP contribution in [0, 0.1) is 12.7 Å². The van der Waals surface area contributed by atoms with E-state index in [0.29, 0.717) is 0 Å². The van der Waals surface area contributed by atoms with E-state index in [0.717, 1.165) is 18.0 Å². The Morgan fingerprint density at radius 2 is 1.62 bits per heavy atom. The lowest BCUT2D eigenvalue weighted by molar-refractivity contribution is -0.143. The van der Waals surface area contributed by atoms with Gasteiger partial charge in [0.2, 0.25) is 17.7 Å². The highest BCUT2D eigenvalue weighted by Crippen LogP contribution is 2.45. The van der Waals surface area contributed by atoms with Gasteiger partial charge < -0.3 is 67.3 Å². The van der Waals surface area contributed by atoms with E-state index in [1.54, 1.807) is 20.8 Å². The molecule has 1 aliphatic heterocycles. The first-order valence-corrected chi connectivity index (χ1v) is 23.7. The molecule has 5 rings (SSSR count). The quantitative estimate of drug-likeness (QED) is 0.0687. The highest BCUT2D eigenvalue weighted by atomic mass is 32.2. The van der Waals surface area contributed by atoms with Gasteiger partial charge in [-0.3, -0.25) is 19.2 Å². The molecule has 26 heteroatoms. The number of nitrogens with one attached hydrogen (secondary N) is 4. The number of benzene rings is 3. The van der Waals surface area contributed by atoms with Crippen LogP contribution < -0.4 is 46.8 Å². The second-order valence-electron chi connectivity index (χ2n) is 18.2. The average molecular weight is 1030 g/mol. The van der Waals surface area contributed by atoms with Crippen LogP contribution >= 0.6 is 0 Å². The Morgan fingerprint density at radius 3 is 2.22 bits per heavy atom. The van der Waals surface area contributed by atoms with Crippen LogP contribution in [0.2, 0.25) is 0 Å². The van der Waals surface area contributed by atoms with Gasteiger partial charge in [0.05, 0.1) is 17.4 Å². The molecule has 0 radical (unpaired) electrons. The number of likely N-dealkylation sites (N-methyl/N-ethyl adjacent to an activating group) is 1. The molecule has 2 heterocycles. The molecule has 0 aliphatic carbocycles. The molecule has 0 fully saturated rings. The molecule has 390 valence electrons. The van der Waals surface area contributed by atoms with Gasteiger partial charge in [-0.25, -0.2) is 24.3 Å². The number of aliphatic carboxylic acids is 1. The third-order valence-electron chi connectivity index (χ3n) is 11.3. The highest BCUT2D eigenvalue weighted by Gasteiger charge is 2.38. The minimum absolute atomic E-state index is 0.00642. The number of nitrogens with zero attached hydrogens (tertiary/aromatic N) is 3. The average Bonchev–Trinajstić information content (AvgIpc) is 3.28. The van der Waals surface area contributed by atoms with Crippen molar-refractivity contribution in [2.75, 3.05) is 39.1 Å². The van der Waals surface area contributed by atoms with E-state index >= 15 is 4.39 Å². The fourth-order valence-electron chi connectivity index (χ4n) is 7.57. The number of carbonyl (C=O) groups excluding carboxylic acids is 4. The number of nitrogen functional groups attached to an aromatic ring is 1. The number of fused-ring (bicyclic) bond motifs is 5. The summed E-state index contributed by atoms with van der Waals surface area (Å²) in [5, 5.41) is 65.7. The molecule has 4 aromatic rings. The fraction of sp³-hybridized carbons (Fsp3) is 0.413. The summed E-state index contributed by atoms with van der Waals surface area (Å²) in [5.74, 6) is -9.34. The zero-order valence-electron chi connectivity index (χ0n) is 40.3. The Kier molecular flexibility index (Phi) is 17.4. The summed E-state index contributed by atoms with van der Waals surface area (Å²) in [5.41, 5.74) is 10.6. The molecule has 0 unspecified atom stereocenters. The number of halogens is 1. The molecule has 0 spiro atoms. The lowest BCUT2D eigenvalue weighted by Gasteiger charge is -2.33. The van der Waals surface area contributed by atoms with Crippen molar-refractivity contribution in [2.45, 2.75) is 89.8 Å². The third-order valence-corrected chi connectivity index (χ3v) is 11.9. The number of phenols is 2. The van der Waals surface area contributed by atoms with Crippen LogP contribution in [0.15, 0.2) is 42.5 Å². The molecule has 0 saturated heterocycles. The molecule has 1 aliphatic rings. The summed E-state index contributed by atoms with van der Waals surface area (Å²) in [6.45, 7) is 7.20. The molecular formula is C46H59FN10O14S. The van der Waals surface area contributed by atoms with Crippen LogP contribution in [-0.2, 0) is 41.2 Å². The molecule has 24 nitrogen and oxygen atoms in total. The number of ether oxygens (including phenoxy) is 2. The zero-order valence-corrected chi connectivity index (χ0v) is 41.1. The Bertz CT molecular complexity index is 2840. The minimum Gasteiger partial charge on any atom is -0.504 e. The molecule has 72 heavy (non-hydrogen) atoms. The van der Waals surface area contributed by atoms with Gasteiger partial charge in [-0.05, 0) is 73.2 Å². The van der Waals surface area contributed by atoms with E-state index in [9.17, 15) is 57.9 Å². The smallest absolute Gasteiger partial charge is 0.326 e. The predicted octanol–water partition coefficient (Wildman–Crippen LogP) is -0.272. The van der Waals surface area contributed by atoms with Crippen molar-refractivity contribution < 1.29 is 71.8 Å². The number of anilines is 1. The largest absolute Gasteiger partial charge is 0.504 e. The number of phenolic OH excluding ortho intramolecular Hbond substituents is 2. The fourth-order valence-corrected chi connectivity index (χ4v) is 7.97. The molecule has 15 N–H and O–H groups in total. The van der Waals surface area contributed by atoms with E-state index in [1.165, 1.54) is 57.2 Å². The Hall–Kier alpha value is -7.23. The van der Waals surface area contributed by atoms with Crippen LogP contribution in [-0.4, -0.2) is 142 Å². The monoisotopic (exact) mass is 1030 g/mol. The van der Waals surface area contributed by atoms with Crippen molar-refractivity contribution in [2.24, 2.45) is 10.9 Å². The van der Waals surface area contributed by atoms with E-state index < -0.39 is 123 Å². The number of nitrogens with two attached hydrogens (primary N) is 3. The number of carbonyl (C=O) groups is 5. The lowest BCUT2D eigenvalue weighted by atomic mass is 9.85. The maximum absolute atomic E-state index is 15.4. The van der Waals surface area contributed by atoms with Crippen LogP contribution in [0.1, 0.15) is 73.4 Å². The molecular weight excluding hydrogens is 968 g/mol. The van der Waals surface area contributed by atoms with Gasteiger partial charge >= 0.3 is 5.97 Å². The van der Waals surface area contributed by atoms with Crippen LogP contribution in [0.3, 0.4) is 0 Å². The zero-order chi connectivity index (χ0) is 53.7. The van der Waals surface area contributed by atoms with E-state index in [-0.39, 0.29) is 76.0 Å². The first-order valence-electron chi connectivity index (χ1n) is 22.2. The van der Waals surface area contributed by atoms with Crippen LogP contribution in [0.4, 0.5) is 10.2 Å². The number of carboxylic acids is 1. The number of carboxylic acid groups (broad SMARTS) is 1. The first kappa shape index (κ1) is 55.7. The number of aromatic nitrogens is 2. The molecule has 3 aromatic carbocycles. The number of amides is 4. The third kappa shape index (κ3) is 13.2. The number of aryl methyl sites for hydroxylation is 1. The van der Waals surface area contributed by atoms with Crippen molar-refractivity contribution in [1.82, 2.24) is 35.5 Å². The first-order chi connectivity index (χ1) is 33.5. The maximum atomic E-state index is 15.4. The predicted molar refractivity (Wildman–Crippen MR) is 257 cm³/mol. The molecule has 0 saturated carbocycles. The Morgan fingerprint density at radius 1 is 0.958 bits per heavy atom.